The molecule has 2 N–H and O–H groups in total. The lowest BCUT2D eigenvalue weighted by molar-refractivity contribution is 0.0949. The number of benzene rings is 1. The highest BCUT2D eigenvalue weighted by Gasteiger charge is 2.16. The van der Waals surface area contributed by atoms with Gasteiger partial charge in [0.1, 0.15) is 11.5 Å². The molecule has 2 aromatic heterocycles. The van der Waals surface area contributed by atoms with Gasteiger partial charge in [-0.25, -0.2) is 4.68 Å². The lowest BCUT2D eigenvalue weighted by Gasteiger charge is -2.11. The number of nitrogens with one attached hydrogen (secondary N) is 2. The fourth-order valence-corrected chi connectivity index (χ4v) is 2.69. The average Bonchev–Trinajstić information content (AvgIpc) is 3.25. The molecule has 0 fully saturated rings. The third-order valence-corrected chi connectivity index (χ3v) is 4.25. The van der Waals surface area contributed by atoms with E-state index in [0.717, 1.165) is 12.8 Å². The van der Waals surface area contributed by atoms with Gasteiger partial charge in [-0.3, -0.25) is 14.4 Å². The zero-order valence-corrected chi connectivity index (χ0v) is 16.1. The van der Waals surface area contributed by atoms with Crippen LogP contribution >= 0.6 is 0 Å². The molecule has 0 aliphatic carbocycles. The van der Waals surface area contributed by atoms with Gasteiger partial charge in [0.05, 0.1) is 24.1 Å². The van der Waals surface area contributed by atoms with Crippen LogP contribution in [-0.4, -0.2) is 21.6 Å². The van der Waals surface area contributed by atoms with Crippen molar-refractivity contribution < 1.29 is 14.0 Å². The van der Waals surface area contributed by atoms with Gasteiger partial charge in [0.15, 0.2) is 0 Å². The number of aromatic nitrogens is 2. The molecule has 1 aromatic carbocycles. The summed E-state index contributed by atoms with van der Waals surface area (Å²) in [5.41, 5.74) is 0.508. The number of nitrogens with zero attached hydrogens (tertiary/aromatic N) is 2. The first kappa shape index (κ1) is 20.1. The Labute approximate surface area is 167 Å². The second-order valence-electron chi connectivity index (χ2n) is 6.40. The van der Waals surface area contributed by atoms with Gasteiger partial charge >= 0.3 is 0 Å². The topological polar surface area (TPSA) is 106 Å². The van der Waals surface area contributed by atoms with E-state index in [0.29, 0.717) is 23.6 Å². The molecule has 0 aliphatic heterocycles. The zero-order valence-electron chi connectivity index (χ0n) is 16.1. The first-order chi connectivity index (χ1) is 14.1. The van der Waals surface area contributed by atoms with E-state index in [-0.39, 0.29) is 23.7 Å². The Morgan fingerprint density at radius 2 is 1.90 bits per heavy atom. The van der Waals surface area contributed by atoms with Gasteiger partial charge in [0.2, 0.25) is 0 Å². The Kier molecular flexibility index (Phi) is 6.57. The van der Waals surface area contributed by atoms with Gasteiger partial charge in [0, 0.05) is 12.6 Å². The van der Waals surface area contributed by atoms with Crippen LogP contribution in [0.5, 0.6) is 0 Å². The molecule has 2 amide bonds. The summed E-state index contributed by atoms with van der Waals surface area (Å²) in [6.45, 7) is 2.69. The second-order valence-corrected chi connectivity index (χ2v) is 6.40. The van der Waals surface area contributed by atoms with E-state index in [1.165, 1.54) is 23.1 Å². The molecule has 29 heavy (non-hydrogen) atoms. The lowest BCUT2D eigenvalue weighted by atomic mass is 10.1. The van der Waals surface area contributed by atoms with Crippen LogP contribution in [0.15, 0.2) is 64.0 Å². The third-order valence-electron chi connectivity index (χ3n) is 4.25. The van der Waals surface area contributed by atoms with Gasteiger partial charge in [-0.2, -0.15) is 5.10 Å². The maximum Gasteiger partial charge on any atom is 0.276 e. The summed E-state index contributed by atoms with van der Waals surface area (Å²) in [7, 11) is 0. The van der Waals surface area contributed by atoms with Gasteiger partial charge in [-0.15, -0.1) is 0 Å². The highest BCUT2D eigenvalue weighted by Crippen LogP contribution is 2.16. The molecule has 0 spiro atoms. The number of anilines is 1. The fraction of sp³-hybridized carbons (Fsp3) is 0.238. The molecule has 8 heteroatoms. The van der Waals surface area contributed by atoms with Crippen LogP contribution in [0.1, 0.15) is 46.4 Å². The minimum Gasteiger partial charge on any atom is -0.467 e. The minimum atomic E-state index is -0.499. The predicted molar refractivity (Wildman–Crippen MR) is 108 cm³/mol. The maximum absolute atomic E-state index is 12.6. The predicted octanol–water partition coefficient (Wildman–Crippen LogP) is 2.82. The molecular weight excluding hydrogens is 372 g/mol. The Balaban J connectivity index is 1.74. The number of furan rings is 1. The normalized spacial score (nSPS) is 10.5. The van der Waals surface area contributed by atoms with Crippen LogP contribution in [0.25, 0.3) is 0 Å². The molecule has 150 valence electrons. The van der Waals surface area contributed by atoms with Gasteiger partial charge in [0.25, 0.3) is 17.4 Å². The Morgan fingerprint density at radius 3 is 2.66 bits per heavy atom. The van der Waals surface area contributed by atoms with Gasteiger partial charge in [-0.1, -0.05) is 25.5 Å². The van der Waals surface area contributed by atoms with Crippen molar-refractivity contribution in [2.45, 2.75) is 32.9 Å². The first-order valence-corrected chi connectivity index (χ1v) is 9.37. The fourth-order valence-electron chi connectivity index (χ4n) is 2.69. The minimum absolute atomic E-state index is 0.103. The van der Waals surface area contributed by atoms with Crippen LogP contribution in [-0.2, 0) is 13.1 Å². The van der Waals surface area contributed by atoms with Crippen molar-refractivity contribution in [2.75, 3.05) is 5.32 Å². The molecule has 0 saturated heterocycles. The Morgan fingerprint density at radius 1 is 1.07 bits per heavy atom. The molecule has 0 bridgehead atoms. The molecule has 0 aliphatic rings. The summed E-state index contributed by atoms with van der Waals surface area (Å²) in [6.07, 6.45) is 3.23. The van der Waals surface area contributed by atoms with E-state index in [1.54, 1.807) is 36.4 Å². The molecular formula is C21H22N4O4. The van der Waals surface area contributed by atoms with Crippen molar-refractivity contribution >= 4 is 17.5 Å². The SMILES string of the molecule is CCCCn1nc(C(=O)Nc2ccccc2C(=O)NCc2ccco2)ccc1=O. The molecule has 0 radical (unpaired) electrons. The summed E-state index contributed by atoms with van der Waals surface area (Å²) < 4.78 is 6.48. The first-order valence-electron chi connectivity index (χ1n) is 9.37. The van der Waals surface area contributed by atoms with Crippen LogP contribution in [0, 0.1) is 0 Å². The maximum atomic E-state index is 12.6. The van der Waals surface area contributed by atoms with E-state index in [4.69, 9.17) is 4.42 Å². The highest BCUT2D eigenvalue weighted by atomic mass is 16.3. The molecule has 3 rings (SSSR count). The van der Waals surface area contributed by atoms with E-state index in [9.17, 15) is 14.4 Å². The lowest BCUT2D eigenvalue weighted by Crippen LogP contribution is -2.27. The molecule has 0 atom stereocenters. The van der Waals surface area contributed by atoms with Gasteiger partial charge in [-0.05, 0) is 36.8 Å². The Hall–Kier alpha value is -3.68. The van der Waals surface area contributed by atoms with E-state index in [2.05, 4.69) is 15.7 Å². The summed E-state index contributed by atoms with van der Waals surface area (Å²) in [5.74, 6) is -0.224. The summed E-state index contributed by atoms with van der Waals surface area (Å²) in [5, 5.41) is 9.58. The summed E-state index contributed by atoms with van der Waals surface area (Å²) in [4.78, 5) is 37.0. The highest BCUT2D eigenvalue weighted by molar-refractivity contribution is 6.08. The van der Waals surface area contributed by atoms with Gasteiger partial charge < -0.3 is 15.1 Å². The number of aryl methyl sites for hydroxylation is 1. The van der Waals surface area contributed by atoms with E-state index >= 15 is 0 Å². The number of hydrogen-bond acceptors (Lipinski definition) is 5. The quantitative estimate of drug-likeness (QED) is 0.611. The van der Waals surface area contributed by atoms with Crippen molar-refractivity contribution in [3.63, 3.8) is 0 Å². The van der Waals surface area contributed by atoms with Crippen LogP contribution < -0.4 is 16.2 Å². The monoisotopic (exact) mass is 394 g/mol. The van der Waals surface area contributed by atoms with Crippen molar-refractivity contribution in [3.8, 4) is 0 Å². The molecule has 8 nitrogen and oxygen atoms in total. The second kappa shape index (κ2) is 9.50. The van der Waals surface area contributed by atoms with Crippen molar-refractivity contribution in [1.29, 1.82) is 0 Å². The number of carbonyl (C=O) groups excluding carboxylic acids is 2. The molecule has 0 saturated carbocycles. The van der Waals surface area contributed by atoms with E-state index < -0.39 is 5.91 Å². The summed E-state index contributed by atoms with van der Waals surface area (Å²) >= 11 is 0. The molecule has 0 unspecified atom stereocenters. The largest absolute Gasteiger partial charge is 0.467 e. The zero-order chi connectivity index (χ0) is 20.6. The van der Waals surface area contributed by atoms with Crippen molar-refractivity contribution in [1.82, 2.24) is 15.1 Å². The van der Waals surface area contributed by atoms with Crippen LogP contribution in [0.4, 0.5) is 5.69 Å². The number of unbranched alkanes of at least 4 members (excludes halogenated alkanes) is 1. The van der Waals surface area contributed by atoms with Crippen molar-refractivity contribution in [2.24, 2.45) is 0 Å². The smallest absolute Gasteiger partial charge is 0.276 e. The molecule has 3 aromatic rings. The van der Waals surface area contributed by atoms with E-state index in [1.807, 2.05) is 6.92 Å². The standard InChI is InChI=1S/C21H22N4O4/c1-2-3-12-25-19(26)11-10-18(24-25)21(28)23-17-9-5-4-8-16(17)20(27)22-14-15-7-6-13-29-15/h4-11,13H,2-3,12,14H2,1H3,(H,22,27)(H,23,28). The summed E-state index contributed by atoms with van der Waals surface area (Å²) in [6, 6.07) is 12.9. The number of para-hydroxylation sites is 1. The molecule has 2 heterocycles. The average molecular weight is 394 g/mol. The number of carbonyl (C=O) groups is 2. The van der Waals surface area contributed by atoms with Crippen molar-refractivity contribution in [3.05, 3.63) is 82.2 Å². The van der Waals surface area contributed by atoms with Crippen LogP contribution in [0.2, 0.25) is 0 Å². The Bertz CT molecular complexity index is 1040. The number of hydrogen-bond donors (Lipinski definition) is 2. The number of amides is 2. The third kappa shape index (κ3) is 5.19. The number of rotatable bonds is 8. The van der Waals surface area contributed by atoms with Crippen LogP contribution in [0.3, 0.4) is 0 Å².